The largest absolute Gasteiger partial charge is 0.372 e. The molecule has 0 unspecified atom stereocenters. The number of hydrogen-bond acceptors (Lipinski definition) is 4. The summed E-state index contributed by atoms with van der Waals surface area (Å²) in [6.45, 7) is 4.08. The Morgan fingerprint density at radius 1 is 1.32 bits per heavy atom. The van der Waals surface area contributed by atoms with E-state index in [9.17, 15) is 8.42 Å². The number of rotatable bonds is 5. The molecular weight excluding hydrogens is 300 g/mol. The van der Waals surface area contributed by atoms with Gasteiger partial charge in [-0.15, -0.1) is 0 Å². The summed E-state index contributed by atoms with van der Waals surface area (Å²) in [5.74, 6) is 0.295. The number of hydrogen-bond donors (Lipinski definition) is 1. The number of sulfonamides is 1. The Hall–Kier alpha value is -0.950. The van der Waals surface area contributed by atoms with Crippen LogP contribution in [0.4, 0.5) is 0 Å². The van der Waals surface area contributed by atoms with E-state index in [0.29, 0.717) is 19.1 Å². The predicted molar refractivity (Wildman–Crippen MR) is 86.0 cm³/mol. The molecule has 2 fully saturated rings. The molecule has 22 heavy (non-hydrogen) atoms. The molecule has 0 amide bonds. The van der Waals surface area contributed by atoms with Crippen LogP contribution in [0.25, 0.3) is 0 Å². The third-order valence-electron chi connectivity index (χ3n) is 4.54. The lowest BCUT2D eigenvalue weighted by Crippen LogP contribution is -2.64. The quantitative estimate of drug-likeness (QED) is 0.885. The van der Waals surface area contributed by atoms with Crippen LogP contribution in [0.2, 0.25) is 0 Å². The van der Waals surface area contributed by atoms with Gasteiger partial charge in [-0.3, -0.25) is 4.90 Å². The molecule has 5 nitrogen and oxygen atoms in total. The fraction of sp³-hybridized carbons (Fsp3) is 0.625. The van der Waals surface area contributed by atoms with Crippen molar-refractivity contribution in [3.8, 4) is 0 Å². The molecule has 2 aliphatic heterocycles. The van der Waals surface area contributed by atoms with E-state index in [2.05, 4.69) is 33.9 Å². The molecule has 2 aliphatic rings. The number of ether oxygens (including phenoxy) is 1. The Morgan fingerprint density at radius 2 is 2.05 bits per heavy atom. The summed E-state index contributed by atoms with van der Waals surface area (Å²) < 4.78 is 30.9. The predicted octanol–water partition coefficient (Wildman–Crippen LogP) is 1.22. The Kier molecular flexibility index (Phi) is 4.54. The summed E-state index contributed by atoms with van der Waals surface area (Å²) in [5.41, 5.74) is 1.35. The number of nitrogens with one attached hydrogen (secondary N) is 1. The molecule has 1 aromatic carbocycles. The second-order valence-corrected chi connectivity index (χ2v) is 8.48. The Labute approximate surface area is 132 Å². The molecule has 1 spiro atoms. The van der Waals surface area contributed by atoms with Gasteiger partial charge in [0.1, 0.15) is 0 Å². The number of nitrogens with zero attached hydrogens (tertiary/aromatic N) is 1. The van der Waals surface area contributed by atoms with Crippen molar-refractivity contribution in [2.75, 3.05) is 32.5 Å². The summed E-state index contributed by atoms with van der Waals surface area (Å²) in [4.78, 5) is 2.41. The van der Waals surface area contributed by atoms with E-state index in [-0.39, 0.29) is 5.60 Å². The van der Waals surface area contributed by atoms with Crippen molar-refractivity contribution in [1.82, 2.24) is 9.62 Å². The molecule has 2 saturated heterocycles. The first-order valence-electron chi connectivity index (χ1n) is 7.79. The van der Waals surface area contributed by atoms with E-state index in [1.807, 2.05) is 6.07 Å². The van der Waals surface area contributed by atoms with Gasteiger partial charge in [0, 0.05) is 26.2 Å². The van der Waals surface area contributed by atoms with Crippen molar-refractivity contribution in [3.63, 3.8) is 0 Å². The van der Waals surface area contributed by atoms with E-state index < -0.39 is 10.0 Å². The van der Waals surface area contributed by atoms with Crippen LogP contribution in [-0.4, -0.2) is 51.4 Å². The molecule has 0 aliphatic carbocycles. The van der Waals surface area contributed by atoms with Gasteiger partial charge in [0.05, 0.1) is 18.5 Å². The van der Waals surface area contributed by atoms with E-state index in [1.165, 1.54) is 11.8 Å². The molecule has 122 valence electrons. The highest BCUT2D eigenvalue weighted by molar-refractivity contribution is 7.88. The van der Waals surface area contributed by atoms with Crippen molar-refractivity contribution in [2.24, 2.45) is 5.92 Å². The average Bonchev–Trinajstić information content (AvgIpc) is 2.45. The number of benzene rings is 1. The van der Waals surface area contributed by atoms with E-state index in [4.69, 9.17) is 4.74 Å². The van der Waals surface area contributed by atoms with Crippen LogP contribution in [-0.2, 0) is 21.3 Å². The normalized spacial score (nSPS) is 25.0. The Bertz CT molecular complexity index is 587. The Morgan fingerprint density at radius 3 is 2.64 bits per heavy atom. The first-order chi connectivity index (χ1) is 10.4. The fourth-order valence-corrected chi connectivity index (χ4v) is 3.86. The summed E-state index contributed by atoms with van der Waals surface area (Å²) in [5, 5.41) is 0. The summed E-state index contributed by atoms with van der Waals surface area (Å²) in [6.07, 6.45) is 3.25. The van der Waals surface area contributed by atoms with Crippen molar-refractivity contribution in [3.05, 3.63) is 35.9 Å². The van der Waals surface area contributed by atoms with Gasteiger partial charge in [0.25, 0.3) is 0 Å². The molecule has 0 saturated carbocycles. The molecule has 1 aromatic rings. The zero-order chi connectivity index (χ0) is 15.6. The Balaban J connectivity index is 1.41. The van der Waals surface area contributed by atoms with Crippen LogP contribution in [0, 0.1) is 5.92 Å². The van der Waals surface area contributed by atoms with Crippen LogP contribution in [0.15, 0.2) is 30.3 Å². The molecule has 2 heterocycles. The van der Waals surface area contributed by atoms with Crippen LogP contribution in [0.5, 0.6) is 0 Å². The minimum Gasteiger partial charge on any atom is -0.372 e. The first-order valence-corrected chi connectivity index (χ1v) is 9.68. The molecule has 0 aromatic heterocycles. The van der Waals surface area contributed by atoms with Crippen molar-refractivity contribution in [2.45, 2.75) is 25.0 Å². The first kappa shape index (κ1) is 15.9. The number of likely N-dealkylation sites (tertiary alicyclic amines) is 1. The monoisotopic (exact) mass is 324 g/mol. The van der Waals surface area contributed by atoms with E-state index in [0.717, 1.165) is 32.5 Å². The maximum absolute atomic E-state index is 11.1. The van der Waals surface area contributed by atoms with Crippen LogP contribution in [0.1, 0.15) is 18.4 Å². The standard InChI is InChI=1S/C16H24N2O3S/c1-22(19,20)17-9-15-7-8-16(21-11-15)12-18(13-16)10-14-5-3-2-4-6-14/h2-6,15,17H,7-13H2,1H3/t15-/m1/s1. The van der Waals surface area contributed by atoms with Crippen molar-refractivity contribution in [1.29, 1.82) is 0 Å². The van der Waals surface area contributed by atoms with Gasteiger partial charge in [0.2, 0.25) is 10.0 Å². The zero-order valence-corrected chi connectivity index (χ0v) is 13.8. The minimum atomic E-state index is -3.10. The van der Waals surface area contributed by atoms with Crippen LogP contribution < -0.4 is 4.72 Å². The maximum Gasteiger partial charge on any atom is 0.208 e. The fourth-order valence-electron chi connectivity index (χ4n) is 3.32. The molecule has 6 heteroatoms. The lowest BCUT2D eigenvalue weighted by atomic mass is 9.83. The third kappa shape index (κ3) is 4.07. The zero-order valence-electron chi connectivity index (χ0n) is 13.0. The van der Waals surface area contributed by atoms with E-state index >= 15 is 0 Å². The minimum absolute atomic E-state index is 0.0103. The topological polar surface area (TPSA) is 58.6 Å². The highest BCUT2D eigenvalue weighted by atomic mass is 32.2. The highest BCUT2D eigenvalue weighted by Crippen LogP contribution is 2.36. The van der Waals surface area contributed by atoms with Gasteiger partial charge in [-0.05, 0) is 24.3 Å². The van der Waals surface area contributed by atoms with Crippen LogP contribution >= 0.6 is 0 Å². The SMILES string of the molecule is CS(=O)(=O)NC[C@H]1CCC2(CN(Cc3ccccc3)C2)OC1. The summed E-state index contributed by atoms with van der Waals surface area (Å²) in [7, 11) is -3.10. The van der Waals surface area contributed by atoms with Crippen molar-refractivity contribution < 1.29 is 13.2 Å². The maximum atomic E-state index is 11.1. The van der Waals surface area contributed by atoms with Crippen molar-refractivity contribution >= 4 is 10.0 Å². The summed E-state index contributed by atoms with van der Waals surface area (Å²) in [6, 6.07) is 10.5. The smallest absolute Gasteiger partial charge is 0.208 e. The molecule has 0 radical (unpaired) electrons. The van der Waals surface area contributed by atoms with Gasteiger partial charge in [-0.2, -0.15) is 0 Å². The van der Waals surface area contributed by atoms with Gasteiger partial charge < -0.3 is 4.74 Å². The molecule has 1 N–H and O–H groups in total. The third-order valence-corrected chi connectivity index (χ3v) is 5.23. The van der Waals surface area contributed by atoms with Gasteiger partial charge in [-0.25, -0.2) is 13.1 Å². The summed E-state index contributed by atoms with van der Waals surface area (Å²) >= 11 is 0. The lowest BCUT2D eigenvalue weighted by molar-refractivity contribution is -0.181. The average molecular weight is 324 g/mol. The second kappa shape index (κ2) is 6.28. The van der Waals surface area contributed by atoms with Gasteiger partial charge in [-0.1, -0.05) is 30.3 Å². The van der Waals surface area contributed by atoms with Crippen LogP contribution in [0.3, 0.4) is 0 Å². The van der Waals surface area contributed by atoms with Gasteiger partial charge >= 0.3 is 0 Å². The highest BCUT2D eigenvalue weighted by Gasteiger charge is 2.46. The lowest BCUT2D eigenvalue weighted by Gasteiger charge is -2.53. The molecule has 1 atom stereocenters. The molecular formula is C16H24N2O3S. The van der Waals surface area contributed by atoms with E-state index in [1.54, 1.807) is 0 Å². The molecule has 0 bridgehead atoms. The molecule has 3 rings (SSSR count). The second-order valence-electron chi connectivity index (χ2n) is 6.65. The van der Waals surface area contributed by atoms with Gasteiger partial charge in [0.15, 0.2) is 0 Å².